The molecule has 0 saturated carbocycles. The van der Waals surface area contributed by atoms with Gasteiger partial charge in [0, 0.05) is 31.7 Å². The molecule has 1 saturated heterocycles. The van der Waals surface area contributed by atoms with Crippen molar-refractivity contribution in [2.45, 2.75) is 13.0 Å². The highest BCUT2D eigenvalue weighted by molar-refractivity contribution is 6.29. The number of halogens is 1. The molecule has 1 aliphatic rings. The molecule has 3 rings (SSSR count). The minimum Gasteiger partial charge on any atom is -0.354 e. The molecular weight excluding hydrogens is 252 g/mol. The Kier molecular flexibility index (Phi) is 2.83. The Bertz CT molecular complexity index is 568. The molecule has 3 heterocycles. The summed E-state index contributed by atoms with van der Waals surface area (Å²) in [5.41, 5.74) is 0. The van der Waals surface area contributed by atoms with Gasteiger partial charge in [-0.25, -0.2) is 0 Å². The smallest absolute Gasteiger partial charge is 0.255 e. The molecule has 18 heavy (non-hydrogen) atoms. The van der Waals surface area contributed by atoms with E-state index in [2.05, 4.69) is 38.8 Å². The first-order valence-electron chi connectivity index (χ1n) is 5.96. The van der Waals surface area contributed by atoms with Gasteiger partial charge in [0.05, 0.1) is 0 Å². The largest absolute Gasteiger partial charge is 0.354 e. The lowest BCUT2D eigenvalue weighted by Crippen LogP contribution is -2.50. The van der Waals surface area contributed by atoms with E-state index in [-0.39, 0.29) is 0 Å². The highest BCUT2D eigenvalue weighted by Crippen LogP contribution is 2.21. The summed E-state index contributed by atoms with van der Waals surface area (Å²) >= 11 is 6.04. The molecule has 2 aromatic heterocycles. The number of hydrogen-bond acceptors (Lipinski definition) is 5. The van der Waals surface area contributed by atoms with E-state index in [1.807, 2.05) is 6.07 Å². The second-order valence-corrected chi connectivity index (χ2v) is 5.07. The van der Waals surface area contributed by atoms with Gasteiger partial charge in [-0.15, -0.1) is 0 Å². The Morgan fingerprint density at radius 2 is 2.22 bits per heavy atom. The van der Waals surface area contributed by atoms with Gasteiger partial charge in [0.15, 0.2) is 0 Å². The van der Waals surface area contributed by atoms with Crippen LogP contribution >= 0.6 is 11.6 Å². The average molecular weight is 267 g/mol. The minimum absolute atomic E-state index is 0.456. The SMILES string of the molecule is CC1CN(c2cc(Cl)nc3ncnn23)CCN1C. The van der Waals surface area contributed by atoms with Gasteiger partial charge < -0.3 is 9.80 Å². The third-order valence-electron chi connectivity index (χ3n) is 3.49. The van der Waals surface area contributed by atoms with E-state index >= 15 is 0 Å². The van der Waals surface area contributed by atoms with Crippen molar-refractivity contribution in [3.05, 3.63) is 17.5 Å². The first kappa shape index (κ1) is 11.7. The van der Waals surface area contributed by atoms with Gasteiger partial charge in [0.2, 0.25) is 0 Å². The van der Waals surface area contributed by atoms with Crippen LogP contribution in [0.2, 0.25) is 5.15 Å². The number of piperazine rings is 1. The molecule has 2 aromatic rings. The molecule has 96 valence electrons. The van der Waals surface area contributed by atoms with Crippen LogP contribution in [0, 0.1) is 0 Å². The predicted octanol–water partition coefficient (Wildman–Crippen LogP) is 0.918. The summed E-state index contributed by atoms with van der Waals surface area (Å²) in [5.74, 6) is 1.51. The monoisotopic (exact) mass is 266 g/mol. The molecule has 6 nitrogen and oxygen atoms in total. The lowest BCUT2D eigenvalue weighted by atomic mass is 10.2. The summed E-state index contributed by atoms with van der Waals surface area (Å²) in [6.07, 6.45) is 1.50. The number of likely N-dealkylation sites (N-methyl/N-ethyl adjacent to an activating group) is 1. The van der Waals surface area contributed by atoms with Gasteiger partial charge in [0.25, 0.3) is 5.78 Å². The number of hydrogen-bond donors (Lipinski definition) is 0. The van der Waals surface area contributed by atoms with Gasteiger partial charge >= 0.3 is 0 Å². The van der Waals surface area contributed by atoms with E-state index < -0.39 is 0 Å². The van der Waals surface area contributed by atoms with Gasteiger partial charge in [-0.05, 0) is 14.0 Å². The summed E-state index contributed by atoms with van der Waals surface area (Å²) in [7, 11) is 2.15. The van der Waals surface area contributed by atoms with Crippen molar-refractivity contribution in [3.8, 4) is 0 Å². The highest BCUT2D eigenvalue weighted by Gasteiger charge is 2.23. The second kappa shape index (κ2) is 4.37. The minimum atomic E-state index is 0.456. The van der Waals surface area contributed by atoms with Gasteiger partial charge in [-0.2, -0.15) is 19.6 Å². The Hall–Kier alpha value is -1.40. The number of anilines is 1. The number of fused-ring (bicyclic) bond motifs is 1. The van der Waals surface area contributed by atoms with E-state index in [9.17, 15) is 0 Å². The summed E-state index contributed by atoms with van der Waals surface area (Å²) in [5, 5.41) is 4.66. The number of rotatable bonds is 1. The molecule has 0 radical (unpaired) electrons. The molecule has 0 aliphatic carbocycles. The Labute approximate surface area is 110 Å². The maximum atomic E-state index is 6.04. The van der Waals surface area contributed by atoms with Crippen LogP contribution in [-0.4, -0.2) is 57.2 Å². The normalized spacial score (nSPS) is 21.7. The van der Waals surface area contributed by atoms with Crippen molar-refractivity contribution >= 4 is 23.2 Å². The van der Waals surface area contributed by atoms with E-state index in [1.54, 1.807) is 4.52 Å². The highest BCUT2D eigenvalue weighted by atomic mass is 35.5. The number of aromatic nitrogens is 4. The third-order valence-corrected chi connectivity index (χ3v) is 3.68. The number of nitrogens with zero attached hydrogens (tertiary/aromatic N) is 6. The quantitative estimate of drug-likeness (QED) is 0.719. The Morgan fingerprint density at radius 1 is 1.39 bits per heavy atom. The average Bonchev–Trinajstić information content (AvgIpc) is 2.79. The van der Waals surface area contributed by atoms with Crippen LogP contribution in [0.3, 0.4) is 0 Å². The van der Waals surface area contributed by atoms with Gasteiger partial charge in [-0.3, -0.25) is 0 Å². The lowest BCUT2D eigenvalue weighted by Gasteiger charge is -2.38. The Morgan fingerprint density at radius 3 is 3.00 bits per heavy atom. The molecule has 1 atom stereocenters. The first-order valence-corrected chi connectivity index (χ1v) is 6.34. The van der Waals surface area contributed by atoms with Crippen molar-refractivity contribution in [1.29, 1.82) is 0 Å². The van der Waals surface area contributed by atoms with Crippen LogP contribution in [0.4, 0.5) is 5.82 Å². The van der Waals surface area contributed by atoms with E-state index in [0.29, 0.717) is 17.0 Å². The molecule has 0 spiro atoms. The van der Waals surface area contributed by atoms with Crippen LogP contribution in [0.1, 0.15) is 6.92 Å². The van der Waals surface area contributed by atoms with Crippen LogP contribution in [0.15, 0.2) is 12.4 Å². The van der Waals surface area contributed by atoms with E-state index in [4.69, 9.17) is 11.6 Å². The summed E-state index contributed by atoms with van der Waals surface area (Å²) in [6, 6.07) is 2.35. The summed E-state index contributed by atoms with van der Waals surface area (Å²) < 4.78 is 1.74. The van der Waals surface area contributed by atoms with Crippen molar-refractivity contribution < 1.29 is 0 Å². The van der Waals surface area contributed by atoms with Crippen molar-refractivity contribution in [1.82, 2.24) is 24.5 Å². The molecule has 1 fully saturated rings. The maximum absolute atomic E-state index is 6.04. The van der Waals surface area contributed by atoms with Crippen molar-refractivity contribution in [2.75, 3.05) is 31.6 Å². The fourth-order valence-corrected chi connectivity index (χ4v) is 2.42. The maximum Gasteiger partial charge on any atom is 0.255 e. The lowest BCUT2D eigenvalue weighted by molar-refractivity contribution is 0.233. The zero-order valence-electron chi connectivity index (χ0n) is 10.4. The second-order valence-electron chi connectivity index (χ2n) is 4.68. The summed E-state index contributed by atoms with van der Waals surface area (Å²) in [4.78, 5) is 12.9. The van der Waals surface area contributed by atoms with Gasteiger partial charge in [0.1, 0.15) is 17.3 Å². The van der Waals surface area contributed by atoms with Crippen molar-refractivity contribution in [3.63, 3.8) is 0 Å². The van der Waals surface area contributed by atoms with E-state index in [0.717, 1.165) is 25.5 Å². The standard InChI is InChI=1S/C11H15ClN6/c1-8-6-17(4-3-16(8)2)10-5-9(12)15-11-13-7-14-18(10)11/h5,7-8H,3-4,6H2,1-2H3. The van der Waals surface area contributed by atoms with Crippen LogP contribution in [-0.2, 0) is 0 Å². The molecule has 7 heteroatoms. The zero-order valence-corrected chi connectivity index (χ0v) is 11.2. The molecule has 1 aliphatic heterocycles. The predicted molar refractivity (Wildman–Crippen MR) is 70.1 cm³/mol. The van der Waals surface area contributed by atoms with Crippen LogP contribution < -0.4 is 4.90 Å². The van der Waals surface area contributed by atoms with Crippen LogP contribution in [0.25, 0.3) is 5.78 Å². The zero-order chi connectivity index (χ0) is 12.7. The van der Waals surface area contributed by atoms with E-state index in [1.165, 1.54) is 6.33 Å². The molecule has 0 amide bonds. The Balaban J connectivity index is 2.01. The summed E-state index contributed by atoms with van der Waals surface area (Å²) in [6.45, 7) is 5.15. The molecule has 0 bridgehead atoms. The fraction of sp³-hybridized carbons (Fsp3) is 0.545. The molecular formula is C11H15ClN6. The topological polar surface area (TPSA) is 49.6 Å². The van der Waals surface area contributed by atoms with Crippen molar-refractivity contribution in [2.24, 2.45) is 0 Å². The van der Waals surface area contributed by atoms with Gasteiger partial charge in [-0.1, -0.05) is 11.6 Å². The molecule has 0 aromatic carbocycles. The molecule has 0 N–H and O–H groups in total. The fourth-order valence-electron chi connectivity index (χ4n) is 2.25. The first-order chi connectivity index (χ1) is 8.65. The van der Waals surface area contributed by atoms with Crippen LogP contribution in [0.5, 0.6) is 0 Å². The molecule has 1 unspecified atom stereocenters. The third kappa shape index (κ3) is 1.91.